The Hall–Kier alpha value is -0.660. The Labute approximate surface area is 104 Å². The van der Waals surface area contributed by atoms with Gasteiger partial charge in [-0.25, -0.2) is 4.39 Å². The van der Waals surface area contributed by atoms with E-state index in [2.05, 4.69) is 21.2 Å². The zero-order valence-corrected chi connectivity index (χ0v) is 10.3. The van der Waals surface area contributed by atoms with Crippen molar-refractivity contribution in [1.29, 1.82) is 0 Å². The van der Waals surface area contributed by atoms with Crippen LogP contribution in [0.1, 0.15) is 11.6 Å². The number of alkyl halides is 3. The van der Waals surface area contributed by atoms with Crippen molar-refractivity contribution < 1.29 is 17.6 Å². The molecule has 0 heterocycles. The lowest BCUT2D eigenvalue weighted by molar-refractivity contribution is -0.126. The van der Waals surface area contributed by atoms with Crippen LogP contribution < -0.4 is 11.1 Å². The second kappa shape index (κ2) is 5.79. The van der Waals surface area contributed by atoms with Gasteiger partial charge in [-0.15, -0.1) is 0 Å². The normalized spacial score (nSPS) is 13.8. The molecule has 1 rings (SSSR count). The average molecular weight is 315 g/mol. The number of nitrogens with two attached hydrogens (primary N) is 1. The fourth-order valence-corrected chi connectivity index (χ4v) is 1.72. The lowest BCUT2D eigenvalue weighted by atomic mass is 10.1. The average Bonchev–Trinajstić information content (AvgIpc) is 2.22. The highest BCUT2D eigenvalue weighted by atomic mass is 79.9. The molecule has 1 aromatic rings. The summed E-state index contributed by atoms with van der Waals surface area (Å²) in [4.78, 5) is 0. The standard InChI is InChI=1S/C10H11BrF4N2/c11-6-1-2-8(12)7(3-6)9(4-16)17-5-10(13,14)15/h1-3,9,17H,4-5,16H2. The molecule has 3 N–H and O–H groups in total. The molecule has 0 amide bonds. The topological polar surface area (TPSA) is 38.0 Å². The lowest BCUT2D eigenvalue weighted by Crippen LogP contribution is -2.36. The SMILES string of the molecule is NCC(NCC(F)(F)F)c1cc(Br)ccc1F. The molecule has 0 aliphatic rings. The van der Waals surface area contributed by atoms with Gasteiger partial charge in [0.25, 0.3) is 0 Å². The van der Waals surface area contributed by atoms with Gasteiger partial charge in [0.2, 0.25) is 0 Å². The zero-order chi connectivity index (χ0) is 13.1. The van der Waals surface area contributed by atoms with Gasteiger partial charge in [0.1, 0.15) is 5.82 Å². The van der Waals surface area contributed by atoms with Gasteiger partial charge in [-0.05, 0) is 18.2 Å². The molecule has 1 aromatic carbocycles. The Morgan fingerprint density at radius 3 is 2.53 bits per heavy atom. The molecule has 0 saturated carbocycles. The lowest BCUT2D eigenvalue weighted by Gasteiger charge is -2.19. The summed E-state index contributed by atoms with van der Waals surface area (Å²) in [5.41, 5.74) is 5.46. The molecule has 0 aliphatic carbocycles. The second-order valence-corrected chi connectivity index (χ2v) is 4.37. The van der Waals surface area contributed by atoms with Crippen molar-refractivity contribution in [2.45, 2.75) is 12.2 Å². The van der Waals surface area contributed by atoms with E-state index in [4.69, 9.17) is 5.73 Å². The Morgan fingerprint density at radius 2 is 2.00 bits per heavy atom. The van der Waals surface area contributed by atoms with Crippen molar-refractivity contribution in [1.82, 2.24) is 5.32 Å². The van der Waals surface area contributed by atoms with Crippen LogP contribution in [0.25, 0.3) is 0 Å². The van der Waals surface area contributed by atoms with E-state index in [1.807, 2.05) is 0 Å². The highest BCUT2D eigenvalue weighted by Gasteiger charge is 2.28. The van der Waals surface area contributed by atoms with Crippen molar-refractivity contribution in [3.05, 3.63) is 34.1 Å². The summed E-state index contributed by atoms with van der Waals surface area (Å²) in [6, 6.07) is 3.19. The third kappa shape index (κ3) is 4.61. The first-order valence-electron chi connectivity index (χ1n) is 4.78. The van der Waals surface area contributed by atoms with Crippen LogP contribution in [0.3, 0.4) is 0 Å². The molecule has 0 aliphatic heterocycles. The third-order valence-corrected chi connectivity index (χ3v) is 2.61. The molecule has 0 saturated heterocycles. The highest BCUT2D eigenvalue weighted by molar-refractivity contribution is 9.10. The van der Waals surface area contributed by atoms with E-state index in [-0.39, 0.29) is 12.1 Å². The van der Waals surface area contributed by atoms with Gasteiger partial charge in [-0.1, -0.05) is 15.9 Å². The molecule has 1 unspecified atom stereocenters. The van der Waals surface area contributed by atoms with E-state index < -0.39 is 24.6 Å². The van der Waals surface area contributed by atoms with Gasteiger partial charge in [0.05, 0.1) is 6.54 Å². The quantitative estimate of drug-likeness (QED) is 0.839. The minimum atomic E-state index is -4.35. The van der Waals surface area contributed by atoms with Gasteiger partial charge in [0.15, 0.2) is 0 Å². The predicted octanol–water partition coefficient (Wildman–Crippen LogP) is 2.74. The summed E-state index contributed by atoms with van der Waals surface area (Å²) < 4.78 is 50.1. The minimum Gasteiger partial charge on any atom is -0.329 e. The number of hydrogen-bond acceptors (Lipinski definition) is 2. The first-order chi connectivity index (χ1) is 7.83. The van der Waals surface area contributed by atoms with Gasteiger partial charge >= 0.3 is 6.18 Å². The summed E-state index contributed by atoms with van der Waals surface area (Å²) in [6.45, 7) is -1.33. The molecular weight excluding hydrogens is 304 g/mol. The second-order valence-electron chi connectivity index (χ2n) is 3.45. The van der Waals surface area contributed by atoms with Crippen LogP contribution >= 0.6 is 15.9 Å². The van der Waals surface area contributed by atoms with Gasteiger partial charge in [0, 0.05) is 22.6 Å². The van der Waals surface area contributed by atoms with Gasteiger partial charge in [-0.3, -0.25) is 0 Å². The fraction of sp³-hybridized carbons (Fsp3) is 0.400. The Bertz CT molecular complexity index is 381. The minimum absolute atomic E-state index is 0.117. The molecule has 2 nitrogen and oxygen atoms in total. The van der Waals surface area contributed by atoms with Crippen molar-refractivity contribution in [3.8, 4) is 0 Å². The molecule has 17 heavy (non-hydrogen) atoms. The molecule has 7 heteroatoms. The number of benzene rings is 1. The first kappa shape index (κ1) is 14.4. The van der Waals surface area contributed by atoms with E-state index in [1.54, 1.807) is 0 Å². The maximum atomic E-state index is 13.4. The predicted molar refractivity (Wildman–Crippen MR) is 60.0 cm³/mol. The molecule has 1 atom stereocenters. The van der Waals surface area contributed by atoms with Crippen molar-refractivity contribution in [2.24, 2.45) is 5.73 Å². The Kier molecular flexibility index (Phi) is 4.91. The smallest absolute Gasteiger partial charge is 0.329 e. The third-order valence-electron chi connectivity index (χ3n) is 2.12. The summed E-state index contributed by atoms with van der Waals surface area (Å²) in [5.74, 6) is -0.585. The van der Waals surface area contributed by atoms with E-state index in [1.165, 1.54) is 18.2 Å². The summed E-state index contributed by atoms with van der Waals surface area (Å²) in [7, 11) is 0. The number of rotatable bonds is 4. The molecule has 0 bridgehead atoms. The van der Waals surface area contributed by atoms with Crippen molar-refractivity contribution in [2.75, 3.05) is 13.1 Å². The van der Waals surface area contributed by atoms with Crippen LogP contribution in [-0.2, 0) is 0 Å². The van der Waals surface area contributed by atoms with E-state index in [0.29, 0.717) is 4.47 Å². The van der Waals surface area contributed by atoms with Crippen molar-refractivity contribution in [3.63, 3.8) is 0 Å². The van der Waals surface area contributed by atoms with Gasteiger partial charge < -0.3 is 11.1 Å². The van der Waals surface area contributed by atoms with Crippen LogP contribution in [0.5, 0.6) is 0 Å². The maximum absolute atomic E-state index is 13.4. The number of nitrogens with one attached hydrogen (secondary N) is 1. The molecule has 0 fully saturated rings. The zero-order valence-electron chi connectivity index (χ0n) is 8.69. The van der Waals surface area contributed by atoms with E-state index in [0.717, 1.165) is 0 Å². The van der Waals surface area contributed by atoms with Crippen LogP contribution in [0, 0.1) is 5.82 Å². The molecule has 96 valence electrons. The monoisotopic (exact) mass is 314 g/mol. The highest BCUT2D eigenvalue weighted by Crippen LogP contribution is 2.22. The van der Waals surface area contributed by atoms with Crippen LogP contribution in [0.2, 0.25) is 0 Å². The first-order valence-corrected chi connectivity index (χ1v) is 5.58. The number of hydrogen-bond donors (Lipinski definition) is 2. The summed E-state index contributed by atoms with van der Waals surface area (Å²) in [6.07, 6.45) is -4.35. The van der Waals surface area contributed by atoms with Crippen LogP contribution in [0.15, 0.2) is 22.7 Å². The number of halogens is 5. The molecule has 0 aromatic heterocycles. The summed E-state index contributed by atoms with van der Waals surface area (Å²) in [5, 5.41) is 2.18. The van der Waals surface area contributed by atoms with Gasteiger partial charge in [-0.2, -0.15) is 13.2 Å². The molecular formula is C10H11BrF4N2. The maximum Gasteiger partial charge on any atom is 0.401 e. The van der Waals surface area contributed by atoms with E-state index >= 15 is 0 Å². The Balaban J connectivity index is 2.82. The van der Waals surface area contributed by atoms with Crippen molar-refractivity contribution >= 4 is 15.9 Å². The Morgan fingerprint density at radius 1 is 1.35 bits per heavy atom. The summed E-state index contributed by atoms with van der Waals surface area (Å²) >= 11 is 3.13. The largest absolute Gasteiger partial charge is 0.401 e. The fourth-order valence-electron chi connectivity index (χ4n) is 1.34. The van der Waals surface area contributed by atoms with E-state index in [9.17, 15) is 17.6 Å². The molecule has 0 radical (unpaired) electrons. The van der Waals surface area contributed by atoms with Crippen LogP contribution in [0.4, 0.5) is 17.6 Å². The molecule has 0 spiro atoms. The van der Waals surface area contributed by atoms with Crippen LogP contribution in [-0.4, -0.2) is 19.3 Å².